The molecule has 2 N–H and O–H groups in total. The van der Waals surface area contributed by atoms with Gasteiger partial charge in [-0.3, -0.25) is 20.4 Å². The summed E-state index contributed by atoms with van der Waals surface area (Å²) in [6.07, 6.45) is 1.54. The summed E-state index contributed by atoms with van der Waals surface area (Å²) in [5, 5.41) is 3.77. The van der Waals surface area contributed by atoms with Crippen LogP contribution in [0.3, 0.4) is 0 Å². The van der Waals surface area contributed by atoms with E-state index in [9.17, 15) is 9.59 Å². The van der Waals surface area contributed by atoms with Gasteiger partial charge in [0, 0.05) is 11.6 Å². The van der Waals surface area contributed by atoms with Crippen LogP contribution in [-0.2, 0) is 4.79 Å². The van der Waals surface area contributed by atoms with Crippen LogP contribution in [0.1, 0.15) is 41.7 Å². The lowest BCUT2D eigenvalue weighted by Gasteiger charge is -2.16. The molecule has 138 valence electrons. The SMILES string of the molecule is CCC[C@@H](C(=O)NNC(=O)c1cc(-c2ccccc2)on1)c1ccccc1. The van der Waals surface area contributed by atoms with Crippen LogP contribution in [0.4, 0.5) is 0 Å². The number of amides is 2. The van der Waals surface area contributed by atoms with Crippen molar-refractivity contribution in [1.29, 1.82) is 0 Å². The summed E-state index contributed by atoms with van der Waals surface area (Å²) in [6, 6.07) is 20.4. The van der Waals surface area contributed by atoms with Crippen LogP contribution in [0.15, 0.2) is 71.3 Å². The molecule has 0 spiro atoms. The average Bonchev–Trinajstić information content (AvgIpc) is 3.22. The second kappa shape index (κ2) is 8.80. The predicted octanol–water partition coefficient (Wildman–Crippen LogP) is 3.69. The van der Waals surface area contributed by atoms with Gasteiger partial charge < -0.3 is 4.52 Å². The molecule has 1 heterocycles. The Morgan fingerprint density at radius 1 is 1.00 bits per heavy atom. The van der Waals surface area contributed by atoms with Crippen LogP contribution < -0.4 is 10.9 Å². The third-order valence-electron chi connectivity index (χ3n) is 4.20. The van der Waals surface area contributed by atoms with Crippen LogP contribution >= 0.6 is 0 Å². The second-order valence-electron chi connectivity index (χ2n) is 6.14. The van der Waals surface area contributed by atoms with E-state index in [2.05, 4.69) is 16.0 Å². The fourth-order valence-corrected chi connectivity index (χ4v) is 2.81. The number of rotatable bonds is 6. The van der Waals surface area contributed by atoms with Gasteiger partial charge in [-0.1, -0.05) is 79.2 Å². The third kappa shape index (κ3) is 4.61. The molecule has 0 radical (unpaired) electrons. The fourth-order valence-electron chi connectivity index (χ4n) is 2.81. The number of carbonyl (C=O) groups excluding carboxylic acids is 2. The number of hydrazine groups is 1. The minimum Gasteiger partial charge on any atom is -0.355 e. The van der Waals surface area contributed by atoms with E-state index < -0.39 is 5.91 Å². The summed E-state index contributed by atoms with van der Waals surface area (Å²) in [5.74, 6) is -0.630. The maximum Gasteiger partial charge on any atom is 0.291 e. The van der Waals surface area contributed by atoms with Gasteiger partial charge in [-0.15, -0.1) is 0 Å². The predicted molar refractivity (Wildman–Crippen MR) is 102 cm³/mol. The number of aromatic nitrogens is 1. The van der Waals surface area contributed by atoms with Gasteiger partial charge in [-0.25, -0.2) is 0 Å². The fraction of sp³-hybridized carbons (Fsp3) is 0.190. The van der Waals surface area contributed by atoms with Gasteiger partial charge in [0.1, 0.15) is 0 Å². The number of carbonyl (C=O) groups is 2. The van der Waals surface area contributed by atoms with E-state index in [1.165, 1.54) is 6.07 Å². The maximum atomic E-state index is 12.5. The first-order valence-corrected chi connectivity index (χ1v) is 8.86. The van der Waals surface area contributed by atoms with Crippen LogP contribution in [-0.4, -0.2) is 17.0 Å². The maximum absolute atomic E-state index is 12.5. The summed E-state index contributed by atoms with van der Waals surface area (Å²) >= 11 is 0. The molecule has 0 unspecified atom stereocenters. The lowest BCUT2D eigenvalue weighted by Crippen LogP contribution is -2.44. The molecule has 2 aromatic carbocycles. The Hall–Kier alpha value is -3.41. The smallest absolute Gasteiger partial charge is 0.291 e. The van der Waals surface area contributed by atoms with E-state index in [0.717, 1.165) is 17.5 Å². The first-order valence-electron chi connectivity index (χ1n) is 8.86. The Bertz CT molecular complexity index is 891. The monoisotopic (exact) mass is 363 g/mol. The number of benzene rings is 2. The van der Waals surface area contributed by atoms with Crippen LogP contribution in [0.2, 0.25) is 0 Å². The van der Waals surface area contributed by atoms with E-state index in [4.69, 9.17) is 4.52 Å². The quantitative estimate of drug-likeness (QED) is 0.654. The third-order valence-corrected chi connectivity index (χ3v) is 4.20. The molecule has 0 bridgehead atoms. The van der Waals surface area contributed by atoms with E-state index in [0.29, 0.717) is 12.2 Å². The normalized spacial score (nSPS) is 11.6. The van der Waals surface area contributed by atoms with E-state index >= 15 is 0 Å². The van der Waals surface area contributed by atoms with Gasteiger partial charge in [0.2, 0.25) is 5.91 Å². The highest BCUT2D eigenvalue weighted by atomic mass is 16.5. The number of nitrogens with zero attached hydrogens (tertiary/aromatic N) is 1. The molecule has 27 heavy (non-hydrogen) atoms. The highest BCUT2D eigenvalue weighted by Crippen LogP contribution is 2.21. The molecule has 1 aromatic heterocycles. The summed E-state index contributed by atoms with van der Waals surface area (Å²) in [5.41, 5.74) is 6.74. The highest BCUT2D eigenvalue weighted by molar-refractivity contribution is 5.95. The molecule has 0 aliphatic carbocycles. The topological polar surface area (TPSA) is 84.2 Å². The lowest BCUT2D eigenvalue weighted by molar-refractivity contribution is -0.123. The standard InChI is InChI=1S/C21H21N3O3/c1-2-9-17(15-10-5-3-6-11-15)20(25)22-23-21(26)18-14-19(27-24-18)16-12-7-4-8-13-16/h3-8,10-14,17H,2,9H2,1H3,(H,22,25)(H,23,26)/t17-/m1/s1. The molecule has 0 saturated heterocycles. The van der Waals surface area contributed by atoms with Gasteiger partial charge in [0.05, 0.1) is 5.92 Å². The zero-order chi connectivity index (χ0) is 19.1. The molecule has 1 atom stereocenters. The summed E-state index contributed by atoms with van der Waals surface area (Å²) in [7, 11) is 0. The summed E-state index contributed by atoms with van der Waals surface area (Å²) < 4.78 is 5.21. The van der Waals surface area contributed by atoms with Gasteiger partial charge in [-0.05, 0) is 12.0 Å². The van der Waals surface area contributed by atoms with Crippen molar-refractivity contribution in [3.05, 3.63) is 78.0 Å². The van der Waals surface area contributed by atoms with Crippen molar-refractivity contribution >= 4 is 11.8 Å². The Morgan fingerprint density at radius 3 is 2.33 bits per heavy atom. The van der Waals surface area contributed by atoms with Crippen molar-refractivity contribution in [2.24, 2.45) is 0 Å². The van der Waals surface area contributed by atoms with Gasteiger partial charge >= 0.3 is 0 Å². The van der Waals surface area contributed by atoms with E-state index in [1.54, 1.807) is 0 Å². The Balaban J connectivity index is 1.63. The largest absolute Gasteiger partial charge is 0.355 e. The van der Waals surface area contributed by atoms with Crippen molar-refractivity contribution in [2.75, 3.05) is 0 Å². The van der Waals surface area contributed by atoms with Crippen molar-refractivity contribution in [3.63, 3.8) is 0 Å². The molecule has 2 amide bonds. The van der Waals surface area contributed by atoms with Crippen LogP contribution in [0.25, 0.3) is 11.3 Å². The number of hydrogen-bond donors (Lipinski definition) is 2. The zero-order valence-corrected chi connectivity index (χ0v) is 15.0. The van der Waals surface area contributed by atoms with Crippen LogP contribution in [0.5, 0.6) is 0 Å². The highest BCUT2D eigenvalue weighted by Gasteiger charge is 2.21. The molecular weight excluding hydrogens is 342 g/mol. The van der Waals surface area contributed by atoms with Crippen molar-refractivity contribution in [1.82, 2.24) is 16.0 Å². The van der Waals surface area contributed by atoms with E-state index in [1.807, 2.05) is 67.6 Å². The molecule has 6 nitrogen and oxygen atoms in total. The first kappa shape index (κ1) is 18.4. The molecule has 6 heteroatoms. The Morgan fingerprint density at radius 2 is 1.67 bits per heavy atom. The van der Waals surface area contributed by atoms with Crippen molar-refractivity contribution in [2.45, 2.75) is 25.7 Å². The summed E-state index contributed by atoms with van der Waals surface area (Å²) in [6.45, 7) is 2.02. The minimum absolute atomic E-state index is 0.0981. The van der Waals surface area contributed by atoms with Crippen LogP contribution in [0, 0.1) is 0 Å². The number of hydrogen-bond acceptors (Lipinski definition) is 4. The molecule has 0 aliphatic heterocycles. The summed E-state index contributed by atoms with van der Waals surface area (Å²) in [4.78, 5) is 24.8. The van der Waals surface area contributed by atoms with Crippen molar-refractivity contribution in [3.8, 4) is 11.3 Å². The molecule has 3 rings (SSSR count). The minimum atomic E-state index is -0.530. The number of nitrogens with one attached hydrogen (secondary N) is 2. The molecule has 0 saturated carbocycles. The molecule has 3 aromatic rings. The van der Waals surface area contributed by atoms with E-state index in [-0.39, 0.29) is 17.5 Å². The Kier molecular flexibility index (Phi) is 5.99. The lowest BCUT2D eigenvalue weighted by atomic mass is 9.94. The zero-order valence-electron chi connectivity index (χ0n) is 15.0. The van der Waals surface area contributed by atoms with Crippen molar-refractivity contribution < 1.29 is 14.1 Å². The first-order chi connectivity index (χ1) is 13.2. The average molecular weight is 363 g/mol. The van der Waals surface area contributed by atoms with Gasteiger partial charge in [-0.2, -0.15) is 0 Å². The molecule has 0 aliphatic rings. The van der Waals surface area contributed by atoms with Gasteiger partial charge in [0.15, 0.2) is 11.5 Å². The van der Waals surface area contributed by atoms with Gasteiger partial charge in [0.25, 0.3) is 5.91 Å². The second-order valence-corrected chi connectivity index (χ2v) is 6.14. The molecule has 0 fully saturated rings. The molecular formula is C21H21N3O3. The Labute approximate surface area is 157 Å².